The van der Waals surface area contributed by atoms with Crippen LogP contribution in [0.15, 0.2) is 12.3 Å². The van der Waals surface area contributed by atoms with E-state index >= 15 is 0 Å². The zero-order valence-corrected chi connectivity index (χ0v) is 9.98. The van der Waals surface area contributed by atoms with E-state index in [2.05, 4.69) is 15.1 Å². The molecule has 1 aromatic heterocycles. The number of hydrogen-bond acceptors (Lipinski definition) is 4. The number of nitrogens with one attached hydrogen (secondary N) is 1. The Labute approximate surface area is 100 Å². The molecule has 1 aromatic rings. The molecule has 0 saturated carbocycles. The molecule has 2 aliphatic heterocycles. The molecule has 17 heavy (non-hydrogen) atoms. The Morgan fingerprint density at radius 3 is 3.24 bits per heavy atom. The lowest BCUT2D eigenvalue weighted by Crippen LogP contribution is -2.39. The molecule has 0 amide bonds. The van der Waals surface area contributed by atoms with Crippen molar-refractivity contribution < 1.29 is 9.53 Å². The highest BCUT2D eigenvalue weighted by atomic mass is 16.6. The summed E-state index contributed by atoms with van der Waals surface area (Å²) in [6.45, 7) is 4.40. The Bertz CT molecular complexity index is 417. The second kappa shape index (κ2) is 3.84. The van der Waals surface area contributed by atoms with Crippen LogP contribution in [0.25, 0.3) is 0 Å². The van der Waals surface area contributed by atoms with E-state index in [0.29, 0.717) is 5.92 Å². The molecule has 2 unspecified atom stereocenters. The largest absolute Gasteiger partial charge is 0.451 e. The zero-order chi connectivity index (χ0) is 11.9. The molecule has 92 valence electrons. The highest BCUT2D eigenvalue weighted by Gasteiger charge is 2.52. The maximum absolute atomic E-state index is 11.4. The van der Waals surface area contributed by atoms with E-state index in [0.717, 1.165) is 31.7 Å². The predicted octanol–water partition coefficient (Wildman–Crippen LogP) is 0.894. The van der Waals surface area contributed by atoms with Crippen LogP contribution in [0.5, 0.6) is 0 Å². The third-order valence-corrected chi connectivity index (χ3v) is 3.91. The van der Waals surface area contributed by atoms with Gasteiger partial charge >= 0.3 is 5.97 Å². The average Bonchev–Trinajstić information content (AvgIpc) is 2.87. The number of esters is 1. The van der Waals surface area contributed by atoms with Crippen LogP contribution in [0.4, 0.5) is 0 Å². The van der Waals surface area contributed by atoms with E-state index in [9.17, 15) is 4.79 Å². The maximum Gasteiger partial charge on any atom is 0.303 e. The lowest BCUT2D eigenvalue weighted by Gasteiger charge is -2.32. The van der Waals surface area contributed by atoms with Crippen LogP contribution in [0.1, 0.15) is 25.5 Å². The Kier molecular flexibility index (Phi) is 2.43. The number of ether oxygens (including phenoxy) is 1. The second-order valence-electron chi connectivity index (χ2n) is 5.03. The molecule has 0 spiro atoms. The minimum absolute atomic E-state index is 0.214. The first kappa shape index (κ1) is 10.8. The number of aromatic amines is 1. The van der Waals surface area contributed by atoms with Crippen molar-refractivity contribution in [3.8, 4) is 0 Å². The number of hydrogen-bond donors (Lipinski definition) is 1. The van der Waals surface area contributed by atoms with Crippen LogP contribution < -0.4 is 0 Å². The standard InChI is InChI=1S/C12H17N3O2/c1-9(16)17-12(11-4-5-13-14-11)8-15-6-2-3-10(12)7-15/h4-5,10H,2-3,6-8H2,1H3,(H,13,14)/t10?,12-/m1/s1. The van der Waals surface area contributed by atoms with E-state index in [-0.39, 0.29) is 5.97 Å². The molecule has 5 nitrogen and oxygen atoms in total. The molecule has 3 atom stereocenters. The monoisotopic (exact) mass is 235 g/mol. The molecular weight excluding hydrogens is 218 g/mol. The molecule has 3 rings (SSSR count). The molecule has 2 aliphatic rings. The van der Waals surface area contributed by atoms with Crippen molar-refractivity contribution in [1.29, 1.82) is 0 Å². The van der Waals surface area contributed by atoms with Crippen molar-refractivity contribution in [2.75, 3.05) is 19.6 Å². The fourth-order valence-corrected chi connectivity index (χ4v) is 3.26. The van der Waals surface area contributed by atoms with Crippen molar-refractivity contribution in [1.82, 2.24) is 15.1 Å². The number of nitrogens with zero attached hydrogens (tertiary/aromatic N) is 2. The second-order valence-corrected chi connectivity index (χ2v) is 5.03. The highest BCUT2D eigenvalue weighted by molar-refractivity contribution is 5.67. The van der Waals surface area contributed by atoms with Crippen molar-refractivity contribution >= 4 is 5.97 Å². The summed E-state index contributed by atoms with van der Waals surface area (Å²) < 4.78 is 5.71. The van der Waals surface area contributed by atoms with Gasteiger partial charge in [0, 0.05) is 32.1 Å². The summed E-state index contributed by atoms with van der Waals surface area (Å²) in [6.07, 6.45) is 4.02. The van der Waals surface area contributed by atoms with Gasteiger partial charge in [0.25, 0.3) is 0 Å². The summed E-state index contributed by atoms with van der Waals surface area (Å²) >= 11 is 0. The lowest BCUT2D eigenvalue weighted by atomic mass is 9.84. The Balaban J connectivity index is 1.99. The van der Waals surface area contributed by atoms with Gasteiger partial charge in [0.15, 0.2) is 5.60 Å². The van der Waals surface area contributed by atoms with E-state index in [1.54, 1.807) is 6.20 Å². The quantitative estimate of drug-likeness (QED) is 0.774. The number of carbonyl (C=O) groups excluding carboxylic acids is 1. The zero-order valence-electron chi connectivity index (χ0n) is 9.98. The number of fused-ring (bicyclic) bond motifs is 2. The van der Waals surface area contributed by atoms with Gasteiger partial charge in [0.05, 0.1) is 5.69 Å². The first-order valence-electron chi connectivity index (χ1n) is 6.12. The molecule has 2 fully saturated rings. The van der Waals surface area contributed by atoms with E-state index in [1.165, 1.54) is 13.3 Å². The van der Waals surface area contributed by atoms with Gasteiger partial charge < -0.3 is 4.74 Å². The van der Waals surface area contributed by atoms with Crippen LogP contribution in [-0.2, 0) is 15.1 Å². The summed E-state index contributed by atoms with van der Waals surface area (Å²) in [6, 6.07) is 1.92. The summed E-state index contributed by atoms with van der Waals surface area (Å²) in [5, 5.41) is 6.98. The maximum atomic E-state index is 11.4. The van der Waals surface area contributed by atoms with Crippen molar-refractivity contribution in [2.45, 2.75) is 25.4 Å². The van der Waals surface area contributed by atoms with E-state index in [4.69, 9.17) is 4.74 Å². The topological polar surface area (TPSA) is 58.2 Å². The summed E-state index contributed by atoms with van der Waals surface area (Å²) in [5.74, 6) is 0.175. The van der Waals surface area contributed by atoms with Crippen LogP contribution >= 0.6 is 0 Å². The van der Waals surface area contributed by atoms with Gasteiger partial charge in [-0.05, 0) is 25.5 Å². The van der Waals surface area contributed by atoms with Crippen molar-refractivity contribution in [2.24, 2.45) is 5.92 Å². The van der Waals surface area contributed by atoms with Gasteiger partial charge in [0.2, 0.25) is 0 Å². The third-order valence-electron chi connectivity index (χ3n) is 3.91. The first-order chi connectivity index (χ1) is 8.21. The molecule has 2 bridgehead atoms. The number of piperidine rings is 1. The molecule has 0 aromatic carbocycles. The normalized spacial score (nSPS) is 35.8. The van der Waals surface area contributed by atoms with Crippen LogP contribution in [-0.4, -0.2) is 40.7 Å². The summed E-state index contributed by atoms with van der Waals surface area (Å²) in [4.78, 5) is 13.8. The third kappa shape index (κ3) is 1.65. The van der Waals surface area contributed by atoms with Crippen LogP contribution in [0.2, 0.25) is 0 Å². The molecule has 1 N–H and O–H groups in total. The van der Waals surface area contributed by atoms with Gasteiger partial charge in [-0.2, -0.15) is 5.10 Å². The highest BCUT2D eigenvalue weighted by Crippen LogP contribution is 2.44. The minimum Gasteiger partial charge on any atom is -0.451 e. The minimum atomic E-state index is -0.501. The van der Waals surface area contributed by atoms with E-state index in [1.807, 2.05) is 6.07 Å². The van der Waals surface area contributed by atoms with Gasteiger partial charge in [-0.3, -0.25) is 14.8 Å². The van der Waals surface area contributed by atoms with Crippen LogP contribution in [0, 0.1) is 5.92 Å². The average molecular weight is 235 g/mol. The molecule has 3 heterocycles. The smallest absolute Gasteiger partial charge is 0.303 e. The molecule has 0 radical (unpaired) electrons. The molecular formula is C12H17N3O2. The van der Waals surface area contributed by atoms with Crippen molar-refractivity contribution in [3.63, 3.8) is 0 Å². The lowest BCUT2D eigenvalue weighted by molar-refractivity contribution is -0.161. The van der Waals surface area contributed by atoms with E-state index < -0.39 is 5.60 Å². The van der Waals surface area contributed by atoms with Gasteiger partial charge in [-0.1, -0.05) is 0 Å². The molecule has 5 heteroatoms. The molecule has 0 aliphatic carbocycles. The Morgan fingerprint density at radius 1 is 1.71 bits per heavy atom. The first-order valence-corrected chi connectivity index (χ1v) is 6.12. The summed E-state index contributed by atoms with van der Waals surface area (Å²) in [7, 11) is 0. The fraction of sp³-hybridized carbons (Fsp3) is 0.667. The van der Waals surface area contributed by atoms with Gasteiger partial charge in [-0.25, -0.2) is 0 Å². The number of rotatable bonds is 2. The van der Waals surface area contributed by atoms with Gasteiger partial charge in [0.1, 0.15) is 0 Å². The Morgan fingerprint density at radius 2 is 2.59 bits per heavy atom. The number of H-pyrrole nitrogens is 1. The number of aromatic nitrogens is 2. The predicted molar refractivity (Wildman–Crippen MR) is 61.2 cm³/mol. The number of carbonyl (C=O) groups is 1. The fourth-order valence-electron chi connectivity index (χ4n) is 3.26. The van der Waals surface area contributed by atoms with Gasteiger partial charge in [-0.15, -0.1) is 0 Å². The Hall–Kier alpha value is -1.36. The van der Waals surface area contributed by atoms with Crippen LogP contribution in [0.3, 0.4) is 0 Å². The SMILES string of the molecule is CC(=O)O[C@]1(c2ccn[nH]2)CN2CCCC1C2. The van der Waals surface area contributed by atoms with Crippen molar-refractivity contribution in [3.05, 3.63) is 18.0 Å². The molecule has 2 saturated heterocycles. The summed E-state index contributed by atoms with van der Waals surface area (Å²) in [5.41, 5.74) is 0.431.